The Hall–Kier alpha value is -2.20. The third-order valence-electron chi connectivity index (χ3n) is 3.73. The van der Waals surface area contributed by atoms with Gasteiger partial charge in [-0.3, -0.25) is 9.78 Å². The predicted molar refractivity (Wildman–Crippen MR) is 78.3 cm³/mol. The van der Waals surface area contributed by atoms with Gasteiger partial charge in [-0.25, -0.2) is 0 Å². The van der Waals surface area contributed by atoms with Crippen LogP contribution in [0.4, 0.5) is 5.69 Å². The van der Waals surface area contributed by atoms with Gasteiger partial charge in [-0.1, -0.05) is 18.2 Å². The van der Waals surface area contributed by atoms with E-state index in [1.165, 1.54) is 11.1 Å². The standard InChI is InChI=1S/C16H17N3O/c1-19-15-5-3-2-4-13(15)14(10-16(19)20)18-11-12-6-8-17-9-7-12/h2-9,14,18H,10-11H2,1H3. The quantitative estimate of drug-likeness (QED) is 0.928. The van der Waals surface area contributed by atoms with Gasteiger partial charge in [-0.2, -0.15) is 0 Å². The minimum Gasteiger partial charge on any atom is -0.315 e. The lowest BCUT2D eigenvalue weighted by atomic mass is 9.96. The molecule has 1 amide bonds. The van der Waals surface area contributed by atoms with Crippen LogP contribution in [0.5, 0.6) is 0 Å². The van der Waals surface area contributed by atoms with Gasteiger partial charge in [-0.05, 0) is 29.3 Å². The summed E-state index contributed by atoms with van der Waals surface area (Å²) in [7, 11) is 1.83. The SMILES string of the molecule is CN1C(=O)CC(NCc2ccncc2)c2ccccc21. The maximum atomic E-state index is 12.1. The molecule has 102 valence electrons. The van der Waals surface area contributed by atoms with E-state index in [9.17, 15) is 4.79 Å². The van der Waals surface area contributed by atoms with Gasteiger partial charge in [0.2, 0.25) is 5.91 Å². The molecule has 0 radical (unpaired) electrons. The predicted octanol–water partition coefficient (Wildman–Crippen LogP) is 2.28. The van der Waals surface area contributed by atoms with Crippen molar-refractivity contribution in [1.29, 1.82) is 0 Å². The van der Waals surface area contributed by atoms with E-state index in [1.54, 1.807) is 17.3 Å². The molecule has 0 fully saturated rings. The van der Waals surface area contributed by atoms with E-state index in [-0.39, 0.29) is 11.9 Å². The second-order valence-corrected chi connectivity index (χ2v) is 5.00. The lowest BCUT2D eigenvalue weighted by molar-refractivity contribution is -0.119. The molecule has 1 aliphatic heterocycles. The fourth-order valence-electron chi connectivity index (χ4n) is 2.57. The van der Waals surface area contributed by atoms with Crippen LogP contribution in [0, 0.1) is 0 Å². The van der Waals surface area contributed by atoms with Crippen LogP contribution in [0.2, 0.25) is 0 Å². The van der Waals surface area contributed by atoms with Gasteiger partial charge < -0.3 is 10.2 Å². The first-order valence-corrected chi connectivity index (χ1v) is 6.73. The molecule has 1 unspecified atom stereocenters. The second-order valence-electron chi connectivity index (χ2n) is 5.00. The lowest BCUT2D eigenvalue weighted by Gasteiger charge is -2.32. The summed E-state index contributed by atoms with van der Waals surface area (Å²) in [6, 6.07) is 12.1. The molecule has 1 aromatic heterocycles. The number of amides is 1. The largest absolute Gasteiger partial charge is 0.315 e. The van der Waals surface area contributed by atoms with Crippen LogP contribution in [0.25, 0.3) is 0 Å². The fourth-order valence-corrected chi connectivity index (χ4v) is 2.57. The number of carbonyl (C=O) groups is 1. The molecule has 4 nitrogen and oxygen atoms in total. The molecule has 1 aliphatic rings. The van der Waals surface area contributed by atoms with Crippen molar-refractivity contribution < 1.29 is 4.79 Å². The maximum absolute atomic E-state index is 12.1. The maximum Gasteiger partial charge on any atom is 0.228 e. The van der Waals surface area contributed by atoms with Crippen molar-refractivity contribution in [3.8, 4) is 0 Å². The minimum absolute atomic E-state index is 0.0723. The molecule has 1 atom stereocenters. The zero-order valence-corrected chi connectivity index (χ0v) is 11.4. The van der Waals surface area contributed by atoms with Gasteiger partial charge in [0.1, 0.15) is 0 Å². The number of benzene rings is 1. The van der Waals surface area contributed by atoms with Crippen LogP contribution in [0.15, 0.2) is 48.8 Å². The smallest absolute Gasteiger partial charge is 0.228 e. The number of anilines is 1. The second kappa shape index (κ2) is 5.43. The van der Waals surface area contributed by atoms with Gasteiger partial charge in [0.15, 0.2) is 0 Å². The summed E-state index contributed by atoms with van der Waals surface area (Å²) in [4.78, 5) is 17.8. The normalized spacial score (nSPS) is 17.9. The Kier molecular flexibility index (Phi) is 3.48. The zero-order valence-electron chi connectivity index (χ0n) is 11.4. The molecule has 1 aromatic carbocycles. The van der Waals surface area contributed by atoms with Crippen LogP contribution in [-0.4, -0.2) is 17.9 Å². The fraction of sp³-hybridized carbons (Fsp3) is 0.250. The summed E-state index contributed by atoms with van der Waals surface area (Å²) in [5.41, 5.74) is 3.35. The highest BCUT2D eigenvalue weighted by Gasteiger charge is 2.28. The molecule has 2 heterocycles. The third kappa shape index (κ3) is 2.42. The number of nitrogens with one attached hydrogen (secondary N) is 1. The Balaban J connectivity index is 1.80. The van der Waals surface area contributed by atoms with Crippen molar-refractivity contribution in [2.75, 3.05) is 11.9 Å². The lowest BCUT2D eigenvalue weighted by Crippen LogP contribution is -2.37. The first-order chi connectivity index (χ1) is 9.75. The molecule has 20 heavy (non-hydrogen) atoms. The molecule has 0 spiro atoms. The molecular weight excluding hydrogens is 250 g/mol. The van der Waals surface area contributed by atoms with E-state index >= 15 is 0 Å². The molecule has 3 rings (SSSR count). The first kappa shape index (κ1) is 12.8. The number of aromatic nitrogens is 1. The van der Waals surface area contributed by atoms with E-state index in [0.717, 1.165) is 12.2 Å². The monoisotopic (exact) mass is 267 g/mol. The van der Waals surface area contributed by atoms with Gasteiger partial charge in [0.25, 0.3) is 0 Å². The number of carbonyl (C=O) groups excluding carboxylic acids is 1. The highest BCUT2D eigenvalue weighted by Crippen LogP contribution is 2.33. The van der Waals surface area contributed by atoms with Gasteiger partial charge >= 0.3 is 0 Å². The van der Waals surface area contributed by atoms with Crippen LogP contribution >= 0.6 is 0 Å². The summed E-state index contributed by atoms with van der Waals surface area (Å²) >= 11 is 0. The van der Waals surface area contributed by atoms with Crippen molar-refractivity contribution in [3.05, 3.63) is 59.9 Å². The zero-order chi connectivity index (χ0) is 13.9. The van der Waals surface area contributed by atoms with Crippen LogP contribution in [0.1, 0.15) is 23.6 Å². The van der Waals surface area contributed by atoms with Crippen LogP contribution in [-0.2, 0) is 11.3 Å². The van der Waals surface area contributed by atoms with E-state index in [0.29, 0.717) is 6.42 Å². The number of para-hydroxylation sites is 1. The Bertz CT molecular complexity index is 612. The van der Waals surface area contributed by atoms with Crippen LogP contribution in [0.3, 0.4) is 0 Å². The topological polar surface area (TPSA) is 45.2 Å². The third-order valence-corrected chi connectivity index (χ3v) is 3.73. The summed E-state index contributed by atoms with van der Waals surface area (Å²) in [6.45, 7) is 0.735. The molecule has 0 aliphatic carbocycles. The summed E-state index contributed by atoms with van der Waals surface area (Å²) in [5, 5.41) is 3.47. The molecular formula is C16H17N3O. The Morgan fingerprint density at radius 3 is 2.80 bits per heavy atom. The molecule has 0 saturated carbocycles. The van der Waals surface area contributed by atoms with Gasteiger partial charge in [0.05, 0.1) is 0 Å². The molecule has 4 heteroatoms. The van der Waals surface area contributed by atoms with Crippen molar-refractivity contribution >= 4 is 11.6 Å². The molecule has 2 aromatic rings. The van der Waals surface area contributed by atoms with Gasteiger partial charge in [0, 0.05) is 44.1 Å². The van der Waals surface area contributed by atoms with E-state index in [4.69, 9.17) is 0 Å². The molecule has 0 bridgehead atoms. The van der Waals surface area contributed by atoms with Crippen molar-refractivity contribution in [2.24, 2.45) is 0 Å². The van der Waals surface area contributed by atoms with Crippen molar-refractivity contribution in [3.63, 3.8) is 0 Å². The van der Waals surface area contributed by atoms with Gasteiger partial charge in [-0.15, -0.1) is 0 Å². The Morgan fingerprint density at radius 1 is 1.25 bits per heavy atom. The minimum atomic E-state index is 0.0723. The van der Waals surface area contributed by atoms with Crippen LogP contribution < -0.4 is 10.2 Å². The summed E-state index contributed by atoms with van der Waals surface area (Å²) in [6.07, 6.45) is 4.06. The molecule has 1 N–H and O–H groups in total. The number of rotatable bonds is 3. The highest BCUT2D eigenvalue weighted by molar-refractivity contribution is 5.96. The number of hydrogen-bond acceptors (Lipinski definition) is 3. The Labute approximate surface area is 118 Å². The number of hydrogen-bond donors (Lipinski definition) is 1. The Morgan fingerprint density at radius 2 is 2.00 bits per heavy atom. The van der Waals surface area contributed by atoms with Crippen molar-refractivity contribution in [1.82, 2.24) is 10.3 Å². The number of pyridine rings is 1. The first-order valence-electron chi connectivity index (χ1n) is 6.73. The van der Waals surface area contributed by atoms with Crippen molar-refractivity contribution in [2.45, 2.75) is 19.0 Å². The average molecular weight is 267 g/mol. The molecule has 0 saturated heterocycles. The average Bonchev–Trinajstić information content (AvgIpc) is 2.50. The highest BCUT2D eigenvalue weighted by atomic mass is 16.2. The van der Waals surface area contributed by atoms with E-state index in [2.05, 4.69) is 16.4 Å². The van der Waals surface area contributed by atoms with E-state index < -0.39 is 0 Å². The summed E-state index contributed by atoms with van der Waals surface area (Å²) < 4.78 is 0. The number of fused-ring (bicyclic) bond motifs is 1. The summed E-state index contributed by atoms with van der Waals surface area (Å²) in [5.74, 6) is 0.149. The number of nitrogens with zero attached hydrogens (tertiary/aromatic N) is 2. The van der Waals surface area contributed by atoms with E-state index in [1.807, 2.05) is 37.4 Å².